The van der Waals surface area contributed by atoms with Crippen LogP contribution in [0.15, 0.2) is 6.20 Å². The third kappa shape index (κ3) is 3.05. The van der Waals surface area contributed by atoms with Crippen LogP contribution in [-0.4, -0.2) is 22.6 Å². The Labute approximate surface area is 101 Å². The van der Waals surface area contributed by atoms with E-state index in [0.29, 0.717) is 23.7 Å². The summed E-state index contributed by atoms with van der Waals surface area (Å²) in [4.78, 5) is 8.02. The summed E-state index contributed by atoms with van der Waals surface area (Å²) >= 11 is 0. The molecule has 2 rings (SSSR count). The first-order chi connectivity index (χ1) is 8.19. The zero-order valence-corrected chi connectivity index (χ0v) is 10.3. The monoisotopic (exact) mass is 238 g/mol. The summed E-state index contributed by atoms with van der Waals surface area (Å²) in [5.41, 5.74) is 0. The van der Waals surface area contributed by atoms with E-state index in [1.54, 1.807) is 0 Å². The van der Waals surface area contributed by atoms with Crippen molar-refractivity contribution in [2.24, 2.45) is 5.92 Å². The van der Waals surface area contributed by atoms with Gasteiger partial charge in [0.2, 0.25) is 5.95 Å². The Balaban J connectivity index is 2.06. The van der Waals surface area contributed by atoms with Crippen LogP contribution in [0.4, 0.5) is 16.2 Å². The molecule has 0 aromatic carbocycles. The highest BCUT2D eigenvalue weighted by Gasteiger charge is 2.22. The third-order valence-electron chi connectivity index (χ3n) is 3.11. The molecule has 1 saturated carbocycles. The molecule has 5 heteroatoms. The van der Waals surface area contributed by atoms with Crippen LogP contribution in [0.2, 0.25) is 0 Å². The van der Waals surface area contributed by atoms with Crippen molar-refractivity contribution < 1.29 is 4.39 Å². The molecule has 1 aromatic rings. The van der Waals surface area contributed by atoms with Crippen molar-refractivity contribution in [2.75, 3.05) is 17.2 Å². The molecule has 0 radical (unpaired) electrons. The number of nitrogens with one attached hydrogen (secondary N) is 2. The molecule has 0 spiro atoms. The first kappa shape index (κ1) is 12.1. The Bertz CT molecular complexity index is 383. The van der Waals surface area contributed by atoms with Crippen LogP contribution in [0.25, 0.3) is 0 Å². The molecular weight excluding hydrogens is 219 g/mol. The Hall–Kier alpha value is -1.39. The molecule has 17 heavy (non-hydrogen) atoms. The summed E-state index contributed by atoms with van der Waals surface area (Å²) in [6, 6.07) is 0.337. The van der Waals surface area contributed by atoms with Gasteiger partial charge in [-0.3, -0.25) is 0 Å². The van der Waals surface area contributed by atoms with Gasteiger partial charge in [0.15, 0.2) is 11.6 Å². The van der Waals surface area contributed by atoms with Gasteiger partial charge in [-0.25, -0.2) is 9.37 Å². The maximum absolute atomic E-state index is 13.5. The van der Waals surface area contributed by atoms with Crippen molar-refractivity contribution in [3.05, 3.63) is 12.0 Å². The minimum Gasteiger partial charge on any atom is -0.365 e. The van der Waals surface area contributed by atoms with Gasteiger partial charge in [-0.15, -0.1) is 0 Å². The fraction of sp³-hybridized carbons (Fsp3) is 0.667. The number of aromatic nitrogens is 2. The van der Waals surface area contributed by atoms with Crippen LogP contribution in [0.3, 0.4) is 0 Å². The number of rotatable bonds is 4. The van der Waals surface area contributed by atoms with Crippen molar-refractivity contribution >= 4 is 11.8 Å². The second kappa shape index (κ2) is 5.29. The standard InChI is InChI=1S/C12H19FN4/c1-3-14-12-15-7-10(13)11(17-12)16-9-5-4-8(2)6-9/h7-9H,3-6H2,1-2H3,(H2,14,15,16,17). The number of halogens is 1. The largest absolute Gasteiger partial charge is 0.365 e. The van der Waals surface area contributed by atoms with E-state index < -0.39 is 0 Å². The Kier molecular flexibility index (Phi) is 3.76. The summed E-state index contributed by atoms with van der Waals surface area (Å²) in [5.74, 6) is 1.12. The Morgan fingerprint density at radius 2 is 2.29 bits per heavy atom. The summed E-state index contributed by atoms with van der Waals surface area (Å²) < 4.78 is 13.5. The third-order valence-corrected chi connectivity index (χ3v) is 3.11. The van der Waals surface area contributed by atoms with E-state index in [4.69, 9.17) is 0 Å². The summed E-state index contributed by atoms with van der Waals surface area (Å²) in [6.07, 6.45) is 4.58. The van der Waals surface area contributed by atoms with Gasteiger partial charge < -0.3 is 10.6 Å². The van der Waals surface area contributed by atoms with Crippen molar-refractivity contribution in [3.63, 3.8) is 0 Å². The zero-order valence-electron chi connectivity index (χ0n) is 10.3. The van der Waals surface area contributed by atoms with Gasteiger partial charge in [-0.05, 0) is 32.1 Å². The second-order valence-corrected chi connectivity index (χ2v) is 4.68. The van der Waals surface area contributed by atoms with E-state index >= 15 is 0 Å². The number of anilines is 2. The molecule has 94 valence electrons. The molecule has 1 aliphatic rings. The molecule has 0 bridgehead atoms. The van der Waals surface area contributed by atoms with Crippen LogP contribution in [0.1, 0.15) is 33.1 Å². The van der Waals surface area contributed by atoms with Crippen LogP contribution in [-0.2, 0) is 0 Å². The molecule has 0 saturated heterocycles. The maximum Gasteiger partial charge on any atom is 0.224 e. The lowest BCUT2D eigenvalue weighted by Gasteiger charge is -2.14. The number of hydrogen-bond donors (Lipinski definition) is 2. The van der Waals surface area contributed by atoms with Gasteiger partial charge in [0.1, 0.15) is 0 Å². The topological polar surface area (TPSA) is 49.8 Å². The average Bonchev–Trinajstić information content (AvgIpc) is 2.69. The zero-order chi connectivity index (χ0) is 12.3. The van der Waals surface area contributed by atoms with E-state index in [1.807, 2.05) is 6.92 Å². The molecule has 1 fully saturated rings. The molecule has 1 aliphatic carbocycles. The molecule has 1 aromatic heterocycles. The first-order valence-electron chi connectivity index (χ1n) is 6.22. The van der Waals surface area contributed by atoms with E-state index in [2.05, 4.69) is 27.5 Å². The number of nitrogens with zero attached hydrogens (tertiary/aromatic N) is 2. The van der Waals surface area contributed by atoms with E-state index in [-0.39, 0.29) is 5.82 Å². The fourth-order valence-corrected chi connectivity index (χ4v) is 2.24. The highest BCUT2D eigenvalue weighted by Crippen LogP contribution is 2.27. The van der Waals surface area contributed by atoms with Crippen LogP contribution in [0, 0.1) is 11.7 Å². The quantitative estimate of drug-likeness (QED) is 0.846. The van der Waals surface area contributed by atoms with Gasteiger partial charge in [0.05, 0.1) is 6.20 Å². The van der Waals surface area contributed by atoms with Gasteiger partial charge in [-0.1, -0.05) is 6.92 Å². The Morgan fingerprint density at radius 3 is 2.94 bits per heavy atom. The summed E-state index contributed by atoms with van der Waals surface area (Å²) in [7, 11) is 0. The smallest absolute Gasteiger partial charge is 0.224 e. The molecule has 0 aliphatic heterocycles. The number of hydrogen-bond acceptors (Lipinski definition) is 4. The normalized spacial score (nSPS) is 23.7. The highest BCUT2D eigenvalue weighted by molar-refractivity contribution is 5.42. The molecule has 2 atom stereocenters. The highest BCUT2D eigenvalue weighted by atomic mass is 19.1. The molecule has 1 heterocycles. The molecule has 2 N–H and O–H groups in total. The van der Waals surface area contributed by atoms with Gasteiger partial charge in [0.25, 0.3) is 0 Å². The van der Waals surface area contributed by atoms with Crippen molar-refractivity contribution in [3.8, 4) is 0 Å². The summed E-state index contributed by atoms with van der Waals surface area (Å²) in [6.45, 7) is 4.91. The van der Waals surface area contributed by atoms with E-state index in [9.17, 15) is 4.39 Å². The second-order valence-electron chi connectivity index (χ2n) is 4.68. The van der Waals surface area contributed by atoms with Crippen molar-refractivity contribution in [1.82, 2.24) is 9.97 Å². The maximum atomic E-state index is 13.5. The first-order valence-corrected chi connectivity index (χ1v) is 6.22. The lowest BCUT2D eigenvalue weighted by Crippen LogP contribution is -2.18. The van der Waals surface area contributed by atoms with Crippen LogP contribution >= 0.6 is 0 Å². The SMILES string of the molecule is CCNc1ncc(F)c(NC2CCC(C)C2)n1. The predicted octanol–water partition coefficient (Wildman–Crippen LogP) is 2.65. The predicted molar refractivity (Wildman–Crippen MR) is 66.6 cm³/mol. The van der Waals surface area contributed by atoms with Crippen molar-refractivity contribution in [1.29, 1.82) is 0 Å². The van der Waals surface area contributed by atoms with Gasteiger partial charge in [0, 0.05) is 12.6 Å². The fourth-order valence-electron chi connectivity index (χ4n) is 2.24. The van der Waals surface area contributed by atoms with Crippen LogP contribution < -0.4 is 10.6 Å². The lowest BCUT2D eigenvalue weighted by molar-refractivity contribution is 0.593. The van der Waals surface area contributed by atoms with Gasteiger partial charge in [-0.2, -0.15) is 4.98 Å². The Morgan fingerprint density at radius 1 is 1.47 bits per heavy atom. The molecule has 2 unspecified atom stereocenters. The van der Waals surface area contributed by atoms with E-state index in [1.165, 1.54) is 12.6 Å². The average molecular weight is 238 g/mol. The van der Waals surface area contributed by atoms with Crippen molar-refractivity contribution in [2.45, 2.75) is 39.2 Å². The lowest BCUT2D eigenvalue weighted by atomic mass is 10.1. The molecular formula is C12H19FN4. The minimum absolute atomic E-state index is 0.315. The van der Waals surface area contributed by atoms with Crippen LogP contribution in [0.5, 0.6) is 0 Å². The van der Waals surface area contributed by atoms with E-state index in [0.717, 1.165) is 19.4 Å². The van der Waals surface area contributed by atoms with Gasteiger partial charge >= 0.3 is 0 Å². The minimum atomic E-state index is -0.383. The molecule has 4 nitrogen and oxygen atoms in total. The summed E-state index contributed by atoms with van der Waals surface area (Å²) in [5, 5.41) is 6.15. The molecule has 0 amide bonds.